The summed E-state index contributed by atoms with van der Waals surface area (Å²) in [5, 5.41) is 6.56. The second-order valence-corrected chi connectivity index (χ2v) is 10.8. The van der Waals surface area contributed by atoms with Gasteiger partial charge in [-0.05, 0) is 44.2 Å². The summed E-state index contributed by atoms with van der Waals surface area (Å²) in [6.45, 7) is 7.24. The molecular weight excluding hydrogens is 466 g/mol. The lowest BCUT2D eigenvalue weighted by Crippen LogP contribution is -2.47. The lowest BCUT2D eigenvalue weighted by Gasteiger charge is -2.36. The van der Waals surface area contributed by atoms with Crippen molar-refractivity contribution in [2.45, 2.75) is 24.7 Å². The summed E-state index contributed by atoms with van der Waals surface area (Å²) in [4.78, 5) is 21.4. The van der Waals surface area contributed by atoms with Gasteiger partial charge in [0, 0.05) is 44.8 Å². The Labute approximate surface area is 206 Å². The van der Waals surface area contributed by atoms with Crippen LogP contribution in [0.15, 0.2) is 64.0 Å². The third kappa shape index (κ3) is 6.89. The zero-order valence-electron chi connectivity index (χ0n) is 19.9. The fourth-order valence-corrected chi connectivity index (χ4v) is 5.22. The van der Waals surface area contributed by atoms with E-state index in [1.807, 2.05) is 13.0 Å². The number of carbonyl (C=O) groups excluding carboxylic acids is 1. The number of hydrogen-bond donors (Lipinski definition) is 1. The standard InChI is InChI=1S/C25H31N5O4S/c1-20-8-10-22(11-9-20)35(32,33)19-12-23-27-25(34-28-23)24(31)26-13-5-14-29-15-17-30(18-16-29)21-6-3-2-4-7-21/h2-4,6-11H,5,12-19H2,1H3,(H,26,31). The van der Waals surface area contributed by atoms with Crippen molar-refractivity contribution < 1.29 is 17.7 Å². The van der Waals surface area contributed by atoms with Gasteiger partial charge in [0.1, 0.15) is 0 Å². The van der Waals surface area contributed by atoms with Crippen LogP contribution in [0.4, 0.5) is 5.69 Å². The van der Waals surface area contributed by atoms with Crippen molar-refractivity contribution in [2.24, 2.45) is 0 Å². The minimum atomic E-state index is -3.46. The third-order valence-electron chi connectivity index (χ3n) is 6.07. The number of para-hydroxylation sites is 1. The first-order chi connectivity index (χ1) is 16.9. The topological polar surface area (TPSA) is 109 Å². The van der Waals surface area contributed by atoms with E-state index in [1.54, 1.807) is 24.3 Å². The second-order valence-electron chi connectivity index (χ2n) is 8.67. The van der Waals surface area contributed by atoms with Crippen LogP contribution in [-0.2, 0) is 16.3 Å². The minimum Gasteiger partial charge on any atom is -0.369 e. The summed E-state index contributed by atoms with van der Waals surface area (Å²) < 4.78 is 30.0. The van der Waals surface area contributed by atoms with E-state index < -0.39 is 15.7 Å². The molecule has 1 saturated heterocycles. The molecule has 186 valence electrons. The Kier molecular flexibility index (Phi) is 8.14. The normalized spacial score (nSPS) is 14.7. The molecule has 0 spiro atoms. The van der Waals surface area contributed by atoms with Gasteiger partial charge in [-0.25, -0.2) is 8.42 Å². The molecule has 1 aromatic heterocycles. The number of amides is 1. The smallest absolute Gasteiger partial charge is 0.315 e. The number of piperazine rings is 1. The van der Waals surface area contributed by atoms with E-state index in [9.17, 15) is 13.2 Å². The van der Waals surface area contributed by atoms with Crippen molar-refractivity contribution in [2.75, 3.05) is 49.9 Å². The van der Waals surface area contributed by atoms with Gasteiger partial charge >= 0.3 is 11.8 Å². The Balaban J connectivity index is 1.15. The van der Waals surface area contributed by atoms with Crippen LogP contribution in [0.5, 0.6) is 0 Å². The lowest BCUT2D eigenvalue weighted by molar-refractivity contribution is 0.0907. The Morgan fingerprint density at radius 2 is 1.74 bits per heavy atom. The second kappa shape index (κ2) is 11.5. The molecule has 2 aromatic carbocycles. The minimum absolute atomic E-state index is 0.0714. The van der Waals surface area contributed by atoms with Gasteiger partial charge in [-0.15, -0.1) is 0 Å². The van der Waals surface area contributed by atoms with Crippen LogP contribution >= 0.6 is 0 Å². The average Bonchev–Trinajstić information content (AvgIpc) is 3.36. The van der Waals surface area contributed by atoms with Gasteiger partial charge in [-0.3, -0.25) is 9.69 Å². The Hall–Kier alpha value is -3.24. The number of aromatic nitrogens is 2. The molecule has 2 heterocycles. The zero-order chi connectivity index (χ0) is 24.7. The first-order valence-corrected chi connectivity index (χ1v) is 13.5. The molecule has 0 bridgehead atoms. The number of rotatable bonds is 10. The van der Waals surface area contributed by atoms with E-state index in [2.05, 4.69) is 49.5 Å². The molecular formula is C25H31N5O4S. The van der Waals surface area contributed by atoms with Crippen LogP contribution in [-0.4, -0.2) is 74.4 Å². The highest BCUT2D eigenvalue weighted by molar-refractivity contribution is 7.91. The number of nitrogens with zero attached hydrogens (tertiary/aromatic N) is 4. The summed E-state index contributed by atoms with van der Waals surface area (Å²) >= 11 is 0. The van der Waals surface area contributed by atoms with E-state index >= 15 is 0 Å². The zero-order valence-corrected chi connectivity index (χ0v) is 20.7. The maximum atomic E-state index is 12.5. The van der Waals surface area contributed by atoms with Gasteiger partial charge in [-0.1, -0.05) is 41.1 Å². The molecule has 0 radical (unpaired) electrons. The molecule has 4 rings (SSSR count). The fraction of sp³-hybridized carbons (Fsp3) is 0.400. The predicted octanol–water partition coefficient (Wildman–Crippen LogP) is 2.34. The van der Waals surface area contributed by atoms with Crippen LogP contribution in [0.2, 0.25) is 0 Å². The lowest BCUT2D eigenvalue weighted by atomic mass is 10.2. The predicted molar refractivity (Wildman–Crippen MR) is 133 cm³/mol. The van der Waals surface area contributed by atoms with Gasteiger partial charge in [0.2, 0.25) is 0 Å². The van der Waals surface area contributed by atoms with Crippen molar-refractivity contribution in [1.82, 2.24) is 20.4 Å². The van der Waals surface area contributed by atoms with Gasteiger partial charge in [-0.2, -0.15) is 4.98 Å². The number of hydrogen-bond acceptors (Lipinski definition) is 8. The molecule has 0 aliphatic carbocycles. The number of nitrogens with one attached hydrogen (secondary N) is 1. The third-order valence-corrected chi connectivity index (χ3v) is 7.80. The van der Waals surface area contributed by atoms with Crippen molar-refractivity contribution in [3.8, 4) is 0 Å². The number of anilines is 1. The summed E-state index contributed by atoms with van der Waals surface area (Å²) in [6, 6.07) is 17.1. The molecule has 1 fully saturated rings. The number of aryl methyl sites for hydroxylation is 2. The molecule has 1 N–H and O–H groups in total. The first-order valence-electron chi connectivity index (χ1n) is 11.8. The molecule has 0 saturated carbocycles. The van der Waals surface area contributed by atoms with Crippen LogP contribution in [0.25, 0.3) is 0 Å². The molecule has 1 aliphatic heterocycles. The van der Waals surface area contributed by atoms with Crippen LogP contribution in [0.3, 0.4) is 0 Å². The summed E-state index contributed by atoms with van der Waals surface area (Å²) in [5.74, 6) is -0.556. The van der Waals surface area contributed by atoms with E-state index in [1.165, 1.54) is 5.69 Å². The summed E-state index contributed by atoms with van der Waals surface area (Å²) in [5.41, 5.74) is 2.24. The first kappa shape index (κ1) is 24.9. The van der Waals surface area contributed by atoms with Gasteiger partial charge in [0.25, 0.3) is 0 Å². The fourth-order valence-electron chi connectivity index (χ4n) is 3.99. The molecule has 1 amide bonds. The van der Waals surface area contributed by atoms with E-state index in [4.69, 9.17) is 4.52 Å². The van der Waals surface area contributed by atoms with Gasteiger partial charge < -0.3 is 14.7 Å². The maximum absolute atomic E-state index is 12.5. The number of benzene rings is 2. The Morgan fingerprint density at radius 3 is 2.46 bits per heavy atom. The van der Waals surface area contributed by atoms with E-state index in [0.29, 0.717) is 6.54 Å². The molecule has 0 unspecified atom stereocenters. The van der Waals surface area contributed by atoms with E-state index in [0.717, 1.165) is 44.7 Å². The molecule has 9 nitrogen and oxygen atoms in total. The summed E-state index contributed by atoms with van der Waals surface area (Å²) in [7, 11) is -3.46. The highest BCUT2D eigenvalue weighted by Crippen LogP contribution is 2.16. The number of sulfone groups is 1. The van der Waals surface area contributed by atoms with Crippen molar-refractivity contribution in [3.63, 3.8) is 0 Å². The molecule has 0 atom stereocenters. The van der Waals surface area contributed by atoms with Crippen molar-refractivity contribution >= 4 is 21.4 Å². The maximum Gasteiger partial charge on any atom is 0.315 e. The monoisotopic (exact) mass is 497 g/mol. The molecule has 3 aromatic rings. The average molecular weight is 498 g/mol. The highest BCUT2D eigenvalue weighted by atomic mass is 32.2. The van der Waals surface area contributed by atoms with Crippen LogP contribution in [0.1, 0.15) is 28.5 Å². The number of carbonyl (C=O) groups is 1. The summed E-state index contributed by atoms with van der Waals surface area (Å²) in [6.07, 6.45) is 0.884. The molecule has 35 heavy (non-hydrogen) atoms. The molecule has 1 aliphatic rings. The van der Waals surface area contributed by atoms with Crippen molar-refractivity contribution in [1.29, 1.82) is 0 Å². The quantitative estimate of drug-likeness (QED) is 0.425. The SMILES string of the molecule is Cc1ccc(S(=O)(=O)CCc2noc(C(=O)NCCCN3CCN(c4ccccc4)CC3)n2)cc1. The highest BCUT2D eigenvalue weighted by Gasteiger charge is 2.20. The van der Waals surface area contributed by atoms with Crippen LogP contribution < -0.4 is 10.2 Å². The molecule has 10 heteroatoms. The van der Waals surface area contributed by atoms with Gasteiger partial charge in [0.05, 0.1) is 10.6 Å². The Bertz CT molecular complexity index is 1200. The largest absolute Gasteiger partial charge is 0.369 e. The van der Waals surface area contributed by atoms with Crippen LogP contribution in [0, 0.1) is 6.92 Å². The van der Waals surface area contributed by atoms with Gasteiger partial charge in [0.15, 0.2) is 15.7 Å². The van der Waals surface area contributed by atoms with E-state index in [-0.39, 0.29) is 28.8 Å². The Morgan fingerprint density at radius 1 is 1.03 bits per heavy atom. The van der Waals surface area contributed by atoms with Crippen molar-refractivity contribution in [3.05, 3.63) is 71.9 Å².